The van der Waals surface area contributed by atoms with Gasteiger partial charge in [-0.2, -0.15) is 5.10 Å². The minimum atomic E-state index is -1.21. The summed E-state index contributed by atoms with van der Waals surface area (Å²) >= 11 is 11.8. The molecule has 0 aromatic heterocycles. The third-order valence-electron chi connectivity index (χ3n) is 3.88. The summed E-state index contributed by atoms with van der Waals surface area (Å²) in [4.78, 5) is 23.5. The van der Waals surface area contributed by atoms with Crippen LogP contribution in [0.1, 0.15) is 28.8 Å². The number of methoxy groups -OCH3 is 2. The molecule has 2 aromatic carbocycles. The van der Waals surface area contributed by atoms with Crippen molar-refractivity contribution in [2.24, 2.45) is 5.10 Å². The van der Waals surface area contributed by atoms with Gasteiger partial charge in [0.1, 0.15) is 11.3 Å². The van der Waals surface area contributed by atoms with E-state index in [0.717, 1.165) is 0 Å². The summed E-state index contributed by atoms with van der Waals surface area (Å²) in [7, 11) is 2.74. The minimum absolute atomic E-state index is 0.0679. The monoisotopic (exact) mass is 454 g/mol. The van der Waals surface area contributed by atoms with Crippen LogP contribution in [0, 0.1) is 0 Å². The van der Waals surface area contributed by atoms with Gasteiger partial charge in [0, 0.05) is 17.0 Å². The van der Waals surface area contributed by atoms with Gasteiger partial charge in [-0.05, 0) is 36.8 Å². The normalized spacial score (nSPS) is 10.7. The number of ether oxygens (including phenoxy) is 3. The Hall–Kier alpha value is -2.97. The molecule has 0 bridgehead atoms. The molecular formula is C20H20Cl2N2O6. The average molecular weight is 455 g/mol. The molecule has 0 atom stereocenters. The fourth-order valence-corrected chi connectivity index (χ4v) is 2.97. The van der Waals surface area contributed by atoms with Gasteiger partial charge >= 0.3 is 5.97 Å². The first-order chi connectivity index (χ1) is 14.4. The van der Waals surface area contributed by atoms with Crippen molar-refractivity contribution < 1.29 is 28.9 Å². The Morgan fingerprint density at radius 3 is 2.50 bits per heavy atom. The maximum Gasteiger partial charge on any atom is 0.340 e. The Bertz CT molecular complexity index is 949. The number of nitrogens with zero attached hydrogens (tertiary/aromatic N) is 1. The molecule has 0 saturated carbocycles. The molecule has 0 unspecified atom stereocenters. The first-order valence-corrected chi connectivity index (χ1v) is 9.51. The Morgan fingerprint density at radius 2 is 1.87 bits per heavy atom. The van der Waals surface area contributed by atoms with Gasteiger partial charge in [-0.25, -0.2) is 10.2 Å². The van der Waals surface area contributed by atoms with Gasteiger partial charge in [0.05, 0.1) is 32.1 Å². The van der Waals surface area contributed by atoms with Gasteiger partial charge in [-0.15, -0.1) is 0 Å². The van der Waals surface area contributed by atoms with Crippen molar-refractivity contribution >= 4 is 41.3 Å². The quantitative estimate of drug-likeness (QED) is 0.319. The first kappa shape index (κ1) is 23.3. The molecule has 30 heavy (non-hydrogen) atoms. The van der Waals surface area contributed by atoms with Crippen LogP contribution < -0.4 is 19.6 Å². The van der Waals surface area contributed by atoms with Crippen LogP contribution in [0.4, 0.5) is 0 Å². The first-order valence-electron chi connectivity index (χ1n) is 8.75. The molecule has 0 fully saturated rings. The number of nitrogens with one attached hydrogen (secondary N) is 1. The molecule has 0 radical (unpaired) electrons. The highest BCUT2D eigenvalue weighted by atomic mass is 35.5. The molecule has 0 saturated heterocycles. The minimum Gasteiger partial charge on any atom is -0.493 e. The highest BCUT2D eigenvalue weighted by Crippen LogP contribution is 2.33. The SMILES string of the molecule is COc1ccc(C=NNC(=O)CCCOc2ccc(Cl)cc2Cl)c(C(=O)O)c1OC. The molecule has 2 rings (SSSR count). The molecule has 0 aliphatic rings. The molecule has 2 N–H and O–H groups in total. The van der Waals surface area contributed by atoms with Crippen molar-refractivity contribution in [2.45, 2.75) is 12.8 Å². The molecule has 1 amide bonds. The molecule has 2 aromatic rings. The predicted molar refractivity (Wildman–Crippen MR) is 113 cm³/mol. The van der Waals surface area contributed by atoms with E-state index in [2.05, 4.69) is 10.5 Å². The topological polar surface area (TPSA) is 106 Å². The Labute approximate surface area is 183 Å². The number of carbonyl (C=O) groups excluding carboxylic acids is 1. The molecule has 0 aliphatic carbocycles. The van der Waals surface area contributed by atoms with E-state index in [4.69, 9.17) is 37.4 Å². The van der Waals surface area contributed by atoms with Crippen LogP contribution in [0.25, 0.3) is 0 Å². The van der Waals surface area contributed by atoms with Crippen molar-refractivity contribution in [3.05, 3.63) is 51.5 Å². The second kappa shape index (κ2) is 11.3. The summed E-state index contributed by atoms with van der Waals surface area (Å²) in [5.41, 5.74) is 2.48. The Kier molecular flexibility index (Phi) is 8.76. The van der Waals surface area contributed by atoms with E-state index in [9.17, 15) is 14.7 Å². The number of hydrazone groups is 1. The zero-order chi connectivity index (χ0) is 22.1. The summed E-state index contributed by atoms with van der Waals surface area (Å²) in [6.45, 7) is 0.275. The van der Waals surface area contributed by atoms with Gasteiger partial charge < -0.3 is 19.3 Å². The lowest BCUT2D eigenvalue weighted by Crippen LogP contribution is -2.18. The number of rotatable bonds is 10. The molecule has 0 spiro atoms. The van der Waals surface area contributed by atoms with Crippen LogP contribution in [0.5, 0.6) is 17.2 Å². The van der Waals surface area contributed by atoms with Crippen LogP contribution in [0.2, 0.25) is 10.0 Å². The number of carboxylic acids is 1. The van der Waals surface area contributed by atoms with Gasteiger partial charge in [-0.3, -0.25) is 4.79 Å². The third kappa shape index (κ3) is 6.27. The largest absolute Gasteiger partial charge is 0.493 e. The van der Waals surface area contributed by atoms with Crippen molar-refractivity contribution in [1.82, 2.24) is 5.43 Å². The van der Waals surface area contributed by atoms with Crippen molar-refractivity contribution in [1.29, 1.82) is 0 Å². The molecular weight excluding hydrogens is 435 g/mol. The number of hydrogen-bond donors (Lipinski definition) is 2. The van der Waals surface area contributed by atoms with E-state index in [-0.39, 0.29) is 41.6 Å². The maximum atomic E-state index is 11.9. The van der Waals surface area contributed by atoms with Crippen LogP contribution >= 0.6 is 23.2 Å². The standard InChI is InChI=1S/C20H20Cl2N2O6/c1-28-16-7-5-12(18(20(26)27)19(16)29-2)11-23-24-17(25)4-3-9-30-15-8-6-13(21)10-14(15)22/h5-8,10-11H,3-4,9H2,1-2H3,(H,24,25)(H,26,27). The van der Waals surface area contributed by atoms with Gasteiger partial charge in [0.15, 0.2) is 11.5 Å². The Balaban J connectivity index is 1.89. The number of benzene rings is 2. The second-order valence-electron chi connectivity index (χ2n) is 5.89. The lowest BCUT2D eigenvalue weighted by Gasteiger charge is -2.12. The summed E-state index contributed by atoms with van der Waals surface area (Å²) in [6.07, 6.45) is 1.81. The van der Waals surface area contributed by atoms with Crippen molar-refractivity contribution in [3.63, 3.8) is 0 Å². The van der Waals surface area contributed by atoms with E-state index in [1.807, 2.05) is 0 Å². The highest BCUT2D eigenvalue weighted by molar-refractivity contribution is 6.35. The average Bonchev–Trinajstić information content (AvgIpc) is 2.71. The number of halogens is 2. The lowest BCUT2D eigenvalue weighted by molar-refractivity contribution is -0.121. The van der Waals surface area contributed by atoms with Gasteiger partial charge in [0.25, 0.3) is 0 Å². The van der Waals surface area contributed by atoms with Crippen LogP contribution in [0.15, 0.2) is 35.4 Å². The second-order valence-corrected chi connectivity index (χ2v) is 6.73. The smallest absolute Gasteiger partial charge is 0.340 e. The van der Waals surface area contributed by atoms with E-state index in [1.165, 1.54) is 26.5 Å². The zero-order valence-electron chi connectivity index (χ0n) is 16.3. The summed E-state index contributed by atoms with van der Waals surface area (Å²) in [6, 6.07) is 7.93. The number of hydrogen-bond acceptors (Lipinski definition) is 6. The van der Waals surface area contributed by atoms with Crippen molar-refractivity contribution in [2.75, 3.05) is 20.8 Å². The number of aromatic carboxylic acids is 1. The van der Waals surface area contributed by atoms with Crippen molar-refractivity contribution in [3.8, 4) is 17.2 Å². The van der Waals surface area contributed by atoms with Gasteiger partial charge in [-0.1, -0.05) is 23.2 Å². The molecule has 8 nitrogen and oxygen atoms in total. The maximum absolute atomic E-state index is 11.9. The van der Waals surface area contributed by atoms with E-state index >= 15 is 0 Å². The van der Waals surface area contributed by atoms with Crippen LogP contribution in [-0.4, -0.2) is 44.0 Å². The summed E-state index contributed by atoms with van der Waals surface area (Å²) in [5, 5.41) is 14.2. The molecule has 0 aliphatic heterocycles. The summed E-state index contributed by atoms with van der Waals surface area (Å²) < 4.78 is 15.7. The highest BCUT2D eigenvalue weighted by Gasteiger charge is 2.20. The molecule has 10 heteroatoms. The van der Waals surface area contributed by atoms with Crippen LogP contribution in [0.3, 0.4) is 0 Å². The number of amides is 1. The summed E-state index contributed by atoms with van der Waals surface area (Å²) in [5.74, 6) is -0.741. The van der Waals surface area contributed by atoms with E-state index in [0.29, 0.717) is 22.2 Å². The lowest BCUT2D eigenvalue weighted by atomic mass is 10.1. The fourth-order valence-electron chi connectivity index (χ4n) is 2.51. The van der Waals surface area contributed by atoms with Gasteiger partial charge in [0.2, 0.25) is 5.91 Å². The Morgan fingerprint density at radius 1 is 1.13 bits per heavy atom. The third-order valence-corrected chi connectivity index (χ3v) is 4.41. The fraction of sp³-hybridized carbons (Fsp3) is 0.250. The van der Waals surface area contributed by atoms with Crippen LogP contribution in [-0.2, 0) is 4.79 Å². The molecule has 0 heterocycles. The van der Waals surface area contributed by atoms with E-state index < -0.39 is 5.97 Å². The number of carbonyl (C=O) groups is 2. The number of carboxylic acid groups (broad SMARTS) is 1. The zero-order valence-corrected chi connectivity index (χ0v) is 17.8. The van der Waals surface area contributed by atoms with E-state index in [1.54, 1.807) is 24.3 Å². The molecule has 160 valence electrons. The predicted octanol–water partition coefficient (Wildman–Crippen LogP) is 4.02.